The van der Waals surface area contributed by atoms with Crippen molar-refractivity contribution in [3.8, 4) is 5.75 Å². The largest absolute Gasteiger partial charge is 0.495 e. The Morgan fingerprint density at radius 2 is 2.17 bits per heavy atom. The second kappa shape index (κ2) is 5.65. The van der Waals surface area contributed by atoms with Crippen LogP contribution in [-0.4, -0.2) is 17.9 Å². The van der Waals surface area contributed by atoms with E-state index in [0.717, 1.165) is 5.56 Å². The van der Waals surface area contributed by atoms with Crippen molar-refractivity contribution in [2.75, 3.05) is 7.11 Å². The zero-order valence-electron chi connectivity index (χ0n) is 9.89. The van der Waals surface area contributed by atoms with Crippen molar-refractivity contribution in [3.63, 3.8) is 0 Å². The second-order valence-corrected chi connectivity index (χ2v) is 4.19. The number of carbonyl (C=O) groups is 1. The number of ketones is 1. The Morgan fingerprint density at radius 3 is 2.83 bits per heavy atom. The van der Waals surface area contributed by atoms with Gasteiger partial charge in [-0.25, -0.2) is 0 Å². The molecule has 1 aromatic carbocycles. The van der Waals surface area contributed by atoms with E-state index < -0.39 is 0 Å². The molecular weight excluding hydrogens is 250 g/mol. The molecule has 4 heteroatoms. The molecule has 92 valence electrons. The van der Waals surface area contributed by atoms with Crippen molar-refractivity contribution in [1.82, 2.24) is 4.98 Å². The highest BCUT2D eigenvalue weighted by molar-refractivity contribution is 6.32. The summed E-state index contributed by atoms with van der Waals surface area (Å²) in [6.45, 7) is 0. The molecule has 0 amide bonds. The topological polar surface area (TPSA) is 39.2 Å². The van der Waals surface area contributed by atoms with Crippen LogP contribution in [0.3, 0.4) is 0 Å². The number of ether oxygens (including phenoxy) is 1. The van der Waals surface area contributed by atoms with Crippen LogP contribution in [-0.2, 0) is 6.42 Å². The van der Waals surface area contributed by atoms with Crippen LogP contribution < -0.4 is 4.74 Å². The van der Waals surface area contributed by atoms with Crippen LogP contribution >= 0.6 is 11.6 Å². The lowest BCUT2D eigenvalue weighted by Crippen LogP contribution is -2.05. The van der Waals surface area contributed by atoms with Crippen LogP contribution in [0, 0.1) is 0 Å². The quantitative estimate of drug-likeness (QED) is 0.794. The molecule has 0 bridgehead atoms. The number of pyridine rings is 1. The third-order valence-corrected chi connectivity index (χ3v) is 2.84. The molecular formula is C14H12ClNO2. The van der Waals surface area contributed by atoms with Gasteiger partial charge < -0.3 is 4.74 Å². The van der Waals surface area contributed by atoms with Crippen LogP contribution in [0.1, 0.15) is 16.1 Å². The Labute approximate surface area is 110 Å². The summed E-state index contributed by atoms with van der Waals surface area (Å²) in [5.41, 5.74) is 1.32. The highest BCUT2D eigenvalue weighted by Crippen LogP contribution is 2.25. The molecule has 0 atom stereocenters. The number of rotatable bonds is 4. The van der Waals surface area contributed by atoms with Gasteiger partial charge in [-0.2, -0.15) is 0 Å². The molecule has 1 aromatic heterocycles. The number of carbonyl (C=O) groups excluding carboxylic acids is 1. The molecule has 0 aliphatic heterocycles. The summed E-state index contributed by atoms with van der Waals surface area (Å²) < 4.78 is 5.11. The van der Waals surface area contributed by atoms with E-state index in [1.165, 1.54) is 0 Å². The van der Waals surface area contributed by atoms with Gasteiger partial charge in [0, 0.05) is 12.6 Å². The van der Waals surface area contributed by atoms with Crippen LogP contribution in [0.2, 0.25) is 5.02 Å². The number of benzene rings is 1. The molecule has 0 fully saturated rings. The first-order valence-electron chi connectivity index (χ1n) is 5.47. The molecule has 0 radical (unpaired) electrons. The van der Waals surface area contributed by atoms with Gasteiger partial charge in [0.15, 0.2) is 5.78 Å². The molecule has 0 saturated carbocycles. The Hall–Kier alpha value is -1.87. The molecule has 1 heterocycles. The van der Waals surface area contributed by atoms with Gasteiger partial charge in [0.2, 0.25) is 0 Å². The third kappa shape index (κ3) is 2.87. The van der Waals surface area contributed by atoms with Crippen molar-refractivity contribution in [2.24, 2.45) is 0 Å². The van der Waals surface area contributed by atoms with Gasteiger partial charge in [-0.05, 0) is 29.8 Å². The highest BCUT2D eigenvalue weighted by atomic mass is 35.5. The van der Waals surface area contributed by atoms with E-state index in [2.05, 4.69) is 4.98 Å². The van der Waals surface area contributed by atoms with E-state index in [1.54, 1.807) is 43.6 Å². The van der Waals surface area contributed by atoms with E-state index in [1.807, 2.05) is 6.07 Å². The van der Waals surface area contributed by atoms with E-state index in [0.29, 0.717) is 16.5 Å². The van der Waals surface area contributed by atoms with E-state index in [-0.39, 0.29) is 12.2 Å². The second-order valence-electron chi connectivity index (χ2n) is 3.78. The number of nitrogens with zero attached hydrogens (tertiary/aromatic N) is 1. The first kappa shape index (κ1) is 12.6. The zero-order chi connectivity index (χ0) is 13.0. The number of halogens is 1. The molecule has 2 rings (SSSR count). The molecule has 0 spiro atoms. The summed E-state index contributed by atoms with van der Waals surface area (Å²) in [7, 11) is 1.55. The Balaban J connectivity index is 2.17. The maximum atomic E-state index is 12.0. The van der Waals surface area contributed by atoms with Gasteiger partial charge in [-0.3, -0.25) is 9.78 Å². The first-order valence-corrected chi connectivity index (χ1v) is 5.85. The minimum Gasteiger partial charge on any atom is -0.495 e. The lowest BCUT2D eigenvalue weighted by molar-refractivity contribution is 0.0988. The van der Waals surface area contributed by atoms with Crippen LogP contribution in [0.4, 0.5) is 0 Å². The summed E-state index contributed by atoms with van der Waals surface area (Å²) in [5.74, 6) is 0.544. The normalized spacial score (nSPS) is 10.1. The first-order chi connectivity index (χ1) is 8.70. The number of hydrogen-bond donors (Lipinski definition) is 0. The fourth-order valence-electron chi connectivity index (χ4n) is 1.62. The van der Waals surface area contributed by atoms with Gasteiger partial charge in [-0.15, -0.1) is 0 Å². The summed E-state index contributed by atoms with van der Waals surface area (Å²) >= 11 is 5.93. The summed E-state index contributed by atoms with van der Waals surface area (Å²) in [5, 5.41) is 0.534. The van der Waals surface area contributed by atoms with Crippen molar-refractivity contribution >= 4 is 17.4 Å². The van der Waals surface area contributed by atoms with Gasteiger partial charge >= 0.3 is 0 Å². The smallest absolute Gasteiger partial charge is 0.185 e. The van der Waals surface area contributed by atoms with E-state index in [4.69, 9.17) is 16.3 Å². The predicted octanol–water partition coefficient (Wildman–Crippen LogP) is 3.17. The number of methoxy groups -OCH3 is 1. The molecule has 0 aliphatic rings. The Bertz CT molecular complexity index is 555. The minimum atomic E-state index is -0.0278. The van der Waals surface area contributed by atoms with Crippen LogP contribution in [0.25, 0.3) is 0 Å². The van der Waals surface area contributed by atoms with Gasteiger partial charge in [0.05, 0.1) is 12.1 Å². The predicted molar refractivity (Wildman–Crippen MR) is 70.3 cm³/mol. The van der Waals surface area contributed by atoms with Crippen molar-refractivity contribution in [3.05, 3.63) is 58.9 Å². The molecule has 3 nitrogen and oxygen atoms in total. The van der Waals surface area contributed by atoms with Gasteiger partial charge in [0.25, 0.3) is 0 Å². The fourth-order valence-corrected chi connectivity index (χ4v) is 1.81. The molecule has 0 aliphatic carbocycles. The summed E-state index contributed by atoms with van der Waals surface area (Å²) in [6.07, 6.45) is 1.89. The average molecular weight is 262 g/mol. The molecule has 18 heavy (non-hydrogen) atoms. The van der Waals surface area contributed by atoms with Crippen molar-refractivity contribution in [2.45, 2.75) is 6.42 Å². The number of aromatic nitrogens is 1. The summed E-state index contributed by atoms with van der Waals surface area (Å²) in [4.78, 5) is 16.0. The third-order valence-electron chi connectivity index (χ3n) is 2.53. The number of hydrogen-bond acceptors (Lipinski definition) is 3. The number of Topliss-reactive ketones (excluding diaryl/α,β-unsaturated/α-hetero) is 1. The highest BCUT2D eigenvalue weighted by Gasteiger charge is 2.09. The van der Waals surface area contributed by atoms with E-state index >= 15 is 0 Å². The lowest BCUT2D eigenvalue weighted by atomic mass is 10.1. The minimum absolute atomic E-state index is 0.0278. The van der Waals surface area contributed by atoms with E-state index in [9.17, 15) is 4.79 Å². The Kier molecular flexibility index (Phi) is 3.95. The molecule has 0 N–H and O–H groups in total. The molecule has 2 aromatic rings. The zero-order valence-corrected chi connectivity index (χ0v) is 10.6. The summed E-state index contributed by atoms with van der Waals surface area (Å²) in [6, 6.07) is 10.6. The fraction of sp³-hybridized carbons (Fsp3) is 0.143. The average Bonchev–Trinajstić information content (AvgIpc) is 2.42. The standard InChI is InChI=1S/C14H12ClNO2/c1-18-14-9-10(5-6-11(14)15)8-13(17)12-4-2-3-7-16-12/h2-7,9H,8H2,1H3. The van der Waals surface area contributed by atoms with Crippen molar-refractivity contribution < 1.29 is 9.53 Å². The maximum Gasteiger partial charge on any atom is 0.185 e. The SMILES string of the molecule is COc1cc(CC(=O)c2ccccn2)ccc1Cl. The molecule has 0 unspecified atom stereocenters. The van der Waals surface area contributed by atoms with Gasteiger partial charge in [-0.1, -0.05) is 23.7 Å². The monoisotopic (exact) mass is 261 g/mol. The molecule has 0 saturated heterocycles. The van der Waals surface area contributed by atoms with Crippen LogP contribution in [0.5, 0.6) is 5.75 Å². The maximum absolute atomic E-state index is 12.0. The van der Waals surface area contributed by atoms with Gasteiger partial charge in [0.1, 0.15) is 11.4 Å². The lowest BCUT2D eigenvalue weighted by Gasteiger charge is -2.06. The van der Waals surface area contributed by atoms with Crippen molar-refractivity contribution in [1.29, 1.82) is 0 Å². The Morgan fingerprint density at radius 1 is 1.33 bits per heavy atom. The van der Waals surface area contributed by atoms with Crippen LogP contribution in [0.15, 0.2) is 42.6 Å².